The maximum absolute atomic E-state index is 7.07. The Kier molecular flexibility index (Phi) is 8.33. The van der Waals surface area contributed by atoms with Gasteiger partial charge >= 0.3 is 0 Å². The molecular weight excluding hydrogens is 280 g/mol. The van der Waals surface area contributed by atoms with Gasteiger partial charge in [-0.25, -0.2) is 0 Å². The lowest BCUT2D eigenvalue weighted by atomic mass is 10.00. The van der Waals surface area contributed by atoms with Gasteiger partial charge in [0.2, 0.25) is 0 Å². The van der Waals surface area contributed by atoms with Gasteiger partial charge in [-0.05, 0) is 36.0 Å². The van der Waals surface area contributed by atoms with Crippen LogP contribution < -0.4 is 6.15 Å². The third-order valence-electron chi connectivity index (χ3n) is 3.69. The van der Waals surface area contributed by atoms with E-state index in [1.807, 2.05) is 18.2 Å². The summed E-state index contributed by atoms with van der Waals surface area (Å²) in [4.78, 5) is 0. The molecule has 2 nitrogen and oxygen atoms in total. The van der Waals surface area contributed by atoms with Crippen LogP contribution in [0.3, 0.4) is 0 Å². The lowest BCUT2D eigenvalue weighted by Gasteiger charge is -2.05. The van der Waals surface area contributed by atoms with Gasteiger partial charge in [0.25, 0.3) is 0 Å². The van der Waals surface area contributed by atoms with Crippen molar-refractivity contribution in [2.45, 2.75) is 25.2 Å². The molecule has 0 aliphatic heterocycles. The fourth-order valence-electron chi connectivity index (χ4n) is 2.45. The van der Waals surface area contributed by atoms with Gasteiger partial charge in [-0.2, -0.15) is 0 Å². The van der Waals surface area contributed by atoms with Gasteiger partial charge < -0.3 is 11.6 Å². The quantitative estimate of drug-likeness (QED) is 0.528. The molecule has 0 saturated carbocycles. The highest BCUT2D eigenvalue weighted by molar-refractivity contribution is 5.76. The molecular formula is C21H26N2. The minimum Gasteiger partial charge on any atom is -0.344 e. The summed E-state index contributed by atoms with van der Waals surface area (Å²) >= 11 is 0. The fourth-order valence-corrected chi connectivity index (χ4v) is 2.45. The molecule has 3 rings (SSSR count). The fraction of sp³-hybridized carbons (Fsp3) is 0.190. The molecule has 0 spiro atoms. The highest BCUT2D eigenvalue weighted by Gasteiger charge is 2.05. The Labute approximate surface area is 139 Å². The first-order valence-electron chi connectivity index (χ1n) is 7.75. The molecule has 0 heterocycles. The van der Waals surface area contributed by atoms with Crippen LogP contribution in [0.1, 0.15) is 36.3 Å². The number of hydrogen-bond donors (Lipinski definition) is 2. The summed E-state index contributed by atoms with van der Waals surface area (Å²) in [6.07, 6.45) is 21.9. The largest absolute Gasteiger partial charge is 0.344 e. The van der Waals surface area contributed by atoms with Gasteiger partial charge in [0, 0.05) is 12.1 Å². The molecule has 2 heteroatoms. The van der Waals surface area contributed by atoms with Gasteiger partial charge in [-0.3, -0.25) is 0 Å². The van der Waals surface area contributed by atoms with Gasteiger partial charge in [-0.15, -0.1) is 6.58 Å². The standard InChI is InChI=1S/C12H11N.C9H12.H3N/c13-9-10-5-7-12(8-6-10)11-3-1-2-4-11;1-2-6-9-7-4-3-5-8-9;/h1-9,11,13H;2,4,7-8H,1,3,5-6H2;1H3. The van der Waals surface area contributed by atoms with Crippen molar-refractivity contribution in [2.75, 3.05) is 0 Å². The number of benzene rings is 1. The monoisotopic (exact) mass is 306 g/mol. The van der Waals surface area contributed by atoms with Crippen LogP contribution in [-0.4, -0.2) is 6.21 Å². The molecule has 23 heavy (non-hydrogen) atoms. The van der Waals surface area contributed by atoms with E-state index in [0.29, 0.717) is 5.92 Å². The van der Waals surface area contributed by atoms with E-state index in [0.717, 1.165) is 12.0 Å². The topological polar surface area (TPSA) is 58.9 Å². The molecule has 0 fully saturated rings. The van der Waals surface area contributed by atoms with Crippen LogP contribution in [0.25, 0.3) is 0 Å². The highest BCUT2D eigenvalue weighted by atomic mass is 14.3. The molecule has 1 aromatic carbocycles. The first-order chi connectivity index (χ1) is 10.8. The summed E-state index contributed by atoms with van der Waals surface area (Å²) in [5, 5.41) is 7.07. The second-order valence-electron chi connectivity index (χ2n) is 5.36. The molecule has 0 unspecified atom stereocenters. The van der Waals surface area contributed by atoms with Crippen LogP contribution in [0, 0.1) is 5.41 Å². The Hall–Kier alpha value is -2.45. The van der Waals surface area contributed by atoms with Gasteiger partial charge in [0.1, 0.15) is 0 Å². The molecule has 2 aliphatic carbocycles. The minimum absolute atomic E-state index is 0. The predicted octanol–water partition coefficient (Wildman–Crippen LogP) is 5.89. The molecule has 2 aliphatic rings. The number of allylic oxidation sites excluding steroid dienone is 9. The van der Waals surface area contributed by atoms with Crippen LogP contribution >= 0.6 is 0 Å². The van der Waals surface area contributed by atoms with Crippen LogP contribution in [0.4, 0.5) is 0 Å². The van der Waals surface area contributed by atoms with Crippen LogP contribution in [-0.2, 0) is 0 Å². The average molecular weight is 306 g/mol. The molecule has 0 radical (unpaired) electrons. The zero-order valence-electron chi connectivity index (χ0n) is 13.6. The summed E-state index contributed by atoms with van der Waals surface area (Å²) in [6.45, 7) is 3.68. The van der Waals surface area contributed by atoms with Crippen LogP contribution in [0.2, 0.25) is 0 Å². The highest BCUT2D eigenvalue weighted by Crippen LogP contribution is 2.22. The van der Waals surface area contributed by atoms with Crippen LogP contribution in [0.15, 0.2) is 85.0 Å². The lowest BCUT2D eigenvalue weighted by Crippen LogP contribution is -1.89. The van der Waals surface area contributed by atoms with Crippen molar-refractivity contribution in [3.63, 3.8) is 0 Å². The van der Waals surface area contributed by atoms with E-state index >= 15 is 0 Å². The third kappa shape index (κ3) is 6.05. The van der Waals surface area contributed by atoms with Crippen molar-refractivity contribution in [1.82, 2.24) is 6.15 Å². The van der Waals surface area contributed by atoms with E-state index in [2.05, 4.69) is 61.2 Å². The maximum atomic E-state index is 7.07. The molecule has 0 aromatic heterocycles. The first-order valence-corrected chi connectivity index (χ1v) is 7.75. The molecule has 1 aromatic rings. The molecule has 0 bridgehead atoms. The summed E-state index contributed by atoms with van der Waals surface area (Å²) in [7, 11) is 0. The minimum atomic E-state index is 0. The van der Waals surface area contributed by atoms with Gasteiger partial charge in [0.05, 0.1) is 0 Å². The number of nitrogens with one attached hydrogen (secondary N) is 1. The van der Waals surface area contributed by atoms with Gasteiger partial charge in [-0.1, -0.05) is 72.9 Å². The van der Waals surface area contributed by atoms with E-state index in [4.69, 9.17) is 5.41 Å². The molecule has 120 valence electrons. The molecule has 4 N–H and O–H groups in total. The third-order valence-corrected chi connectivity index (χ3v) is 3.69. The smallest absolute Gasteiger partial charge is 0.0250 e. The van der Waals surface area contributed by atoms with E-state index in [-0.39, 0.29) is 6.15 Å². The summed E-state index contributed by atoms with van der Waals surface area (Å²) in [5.41, 5.74) is 3.65. The summed E-state index contributed by atoms with van der Waals surface area (Å²) in [6, 6.07) is 8.10. The Bertz CT molecular complexity index is 604. The number of rotatable bonds is 4. The van der Waals surface area contributed by atoms with E-state index in [1.165, 1.54) is 30.2 Å². The van der Waals surface area contributed by atoms with Crippen molar-refractivity contribution < 1.29 is 0 Å². The number of hydrogen-bond acceptors (Lipinski definition) is 2. The molecule has 0 amide bonds. The lowest BCUT2D eigenvalue weighted by molar-refractivity contribution is 1.00. The van der Waals surface area contributed by atoms with E-state index in [1.54, 1.807) is 0 Å². The average Bonchev–Trinajstić information content (AvgIpc) is 3.11. The summed E-state index contributed by atoms with van der Waals surface area (Å²) in [5.74, 6) is 0.430. The van der Waals surface area contributed by atoms with Crippen molar-refractivity contribution >= 4 is 6.21 Å². The Morgan fingerprint density at radius 2 is 1.78 bits per heavy atom. The molecule has 0 saturated heterocycles. The van der Waals surface area contributed by atoms with Gasteiger partial charge in [0.15, 0.2) is 0 Å². The normalized spacial score (nSPS) is 15.2. The Morgan fingerprint density at radius 3 is 2.30 bits per heavy atom. The van der Waals surface area contributed by atoms with Crippen molar-refractivity contribution in [2.24, 2.45) is 0 Å². The SMILES string of the molecule is C=CCC1=CCCC=C1.N.N=Cc1ccc(C2C=CC=C2)cc1. The van der Waals surface area contributed by atoms with Crippen LogP contribution in [0.5, 0.6) is 0 Å². The van der Waals surface area contributed by atoms with Crippen molar-refractivity contribution in [3.8, 4) is 0 Å². The molecule has 0 atom stereocenters. The second-order valence-corrected chi connectivity index (χ2v) is 5.36. The van der Waals surface area contributed by atoms with Crippen molar-refractivity contribution in [1.29, 1.82) is 5.41 Å². The summed E-state index contributed by atoms with van der Waals surface area (Å²) < 4.78 is 0. The Balaban J connectivity index is 0.000000235. The zero-order chi connectivity index (χ0) is 15.6. The van der Waals surface area contributed by atoms with Crippen molar-refractivity contribution in [3.05, 3.63) is 96.2 Å². The Morgan fingerprint density at radius 1 is 1.09 bits per heavy atom. The predicted molar refractivity (Wildman–Crippen MR) is 102 cm³/mol. The van der Waals surface area contributed by atoms with E-state index < -0.39 is 0 Å². The maximum Gasteiger partial charge on any atom is 0.0250 e. The second kappa shape index (κ2) is 10.3. The first kappa shape index (κ1) is 18.6. The van der Waals surface area contributed by atoms with E-state index in [9.17, 15) is 0 Å². The zero-order valence-corrected chi connectivity index (χ0v) is 13.6.